The molecule has 1 aliphatic rings. The molecule has 0 spiro atoms. The van der Waals surface area contributed by atoms with Gasteiger partial charge >= 0.3 is 0 Å². The third-order valence-corrected chi connectivity index (χ3v) is 5.12. The summed E-state index contributed by atoms with van der Waals surface area (Å²) in [6.45, 7) is 4.64. The summed E-state index contributed by atoms with van der Waals surface area (Å²) in [5.74, 6) is 0.818. The first-order chi connectivity index (χ1) is 12.6. The van der Waals surface area contributed by atoms with Gasteiger partial charge in [-0.1, -0.05) is 36.4 Å². The molecule has 0 unspecified atom stereocenters. The number of aromatic nitrogens is 1. The van der Waals surface area contributed by atoms with Gasteiger partial charge in [0.15, 0.2) is 0 Å². The molecule has 0 saturated heterocycles. The van der Waals surface area contributed by atoms with E-state index in [0.717, 1.165) is 35.2 Å². The molecule has 0 saturated carbocycles. The average Bonchev–Trinajstić information content (AvgIpc) is 2.65. The lowest BCUT2D eigenvalue weighted by molar-refractivity contribution is -0.0638. The molecule has 134 valence electrons. The predicted octanol–water partition coefficient (Wildman–Crippen LogP) is 3.64. The summed E-state index contributed by atoms with van der Waals surface area (Å²) in [4.78, 5) is 4.45. The van der Waals surface area contributed by atoms with Gasteiger partial charge < -0.3 is 15.2 Å². The van der Waals surface area contributed by atoms with Crippen LogP contribution in [0.15, 0.2) is 60.8 Å². The van der Waals surface area contributed by atoms with E-state index < -0.39 is 11.7 Å². The number of hydrogen-bond acceptors (Lipinski definition) is 4. The van der Waals surface area contributed by atoms with E-state index in [2.05, 4.69) is 34.6 Å². The Hall–Kier alpha value is -2.43. The molecule has 1 aromatic heterocycles. The summed E-state index contributed by atoms with van der Waals surface area (Å²) in [5, 5.41) is 15.6. The highest BCUT2D eigenvalue weighted by atomic mass is 16.5. The van der Waals surface area contributed by atoms with Gasteiger partial charge in [-0.05, 0) is 50.6 Å². The van der Waals surface area contributed by atoms with Gasteiger partial charge in [0.25, 0.3) is 0 Å². The quantitative estimate of drug-likeness (QED) is 0.756. The van der Waals surface area contributed by atoms with Gasteiger partial charge in [0.1, 0.15) is 17.5 Å². The average molecular weight is 348 g/mol. The van der Waals surface area contributed by atoms with Crippen LogP contribution >= 0.6 is 0 Å². The first kappa shape index (κ1) is 17.0. The minimum atomic E-state index is -0.659. The molecule has 4 nitrogen and oxygen atoms in total. The number of aliphatic hydroxyl groups is 1. The van der Waals surface area contributed by atoms with E-state index in [1.807, 2.05) is 44.2 Å². The minimum absolute atomic E-state index is 0.203. The second kappa shape index (κ2) is 6.71. The monoisotopic (exact) mass is 348 g/mol. The maximum atomic E-state index is 11.0. The van der Waals surface area contributed by atoms with Crippen LogP contribution in [0.2, 0.25) is 0 Å². The fraction of sp³-hybridized carbons (Fsp3) is 0.318. The number of nitrogens with one attached hydrogen (secondary N) is 1. The molecule has 3 aromatic rings. The Kier molecular flexibility index (Phi) is 4.39. The SMILES string of the molecule is CC1(C)Oc2ccc3ncccc3c2[C@H](NCCc2ccccc2)[C@@H]1O. The van der Waals surface area contributed by atoms with Crippen molar-refractivity contribution in [3.05, 3.63) is 71.9 Å². The zero-order valence-corrected chi connectivity index (χ0v) is 15.1. The number of ether oxygens (including phenoxy) is 1. The Labute approximate surface area is 153 Å². The van der Waals surface area contributed by atoms with E-state index in [1.165, 1.54) is 5.56 Å². The molecule has 2 aromatic carbocycles. The van der Waals surface area contributed by atoms with Gasteiger partial charge in [0.05, 0.1) is 11.6 Å². The normalized spacial score (nSPS) is 21.2. The van der Waals surface area contributed by atoms with Crippen molar-refractivity contribution in [2.24, 2.45) is 0 Å². The number of rotatable bonds is 4. The molecule has 0 aliphatic carbocycles. The Bertz CT molecular complexity index is 908. The third kappa shape index (κ3) is 3.06. The fourth-order valence-electron chi connectivity index (χ4n) is 3.70. The summed E-state index contributed by atoms with van der Waals surface area (Å²) < 4.78 is 6.12. The summed E-state index contributed by atoms with van der Waals surface area (Å²) in [6, 6.07) is 18.1. The maximum absolute atomic E-state index is 11.0. The van der Waals surface area contributed by atoms with E-state index in [9.17, 15) is 5.11 Å². The van der Waals surface area contributed by atoms with Crippen molar-refractivity contribution in [1.82, 2.24) is 10.3 Å². The van der Waals surface area contributed by atoms with Crippen LogP contribution in [0.4, 0.5) is 0 Å². The number of benzene rings is 2. The molecule has 26 heavy (non-hydrogen) atoms. The molecule has 2 atom stereocenters. The van der Waals surface area contributed by atoms with Crippen LogP contribution in [0.5, 0.6) is 5.75 Å². The van der Waals surface area contributed by atoms with Crippen LogP contribution in [0.3, 0.4) is 0 Å². The molecule has 4 rings (SSSR count). The second-order valence-corrected chi connectivity index (χ2v) is 7.37. The highest BCUT2D eigenvalue weighted by molar-refractivity contribution is 5.85. The number of hydrogen-bond donors (Lipinski definition) is 2. The number of nitrogens with zero attached hydrogens (tertiary/aromatic N) is 1. The molecule has 2 N–H and O–H groups in total. The van der Waals surface area contributed by atoms with Crippen molar-refractivity contribution in [2.45, 2.75) is 38.0 Å². The fourth-order valence-corrected chi connectivity index (χ4v) is 3.70. The van der Waals surface area contributed by atoms with Gasteiger partial charge in [-0.25, -0.2) is 0 Å². The van der Waals surface area contributed by atoms with Gasteiger partial charge in [-0.2, -0.15) is 0 Å². The molecule has 0 bridgehead atoms. The zero-order chi connectivity index (χ0) is 18.1. The van der Waals surface area contributed by atoms with Gasteiger partial charge in [-0.3, -0.25) is 4.98 Å². The van der Waals surface area contributed by atoms with Gasteiger partial charge in [0, 0.05) is 17.1 Å². The van der Waals surface area contributed by atoms with Gasteiger partial charge in [-0.15, -0.1) is 0 Å². The third-order valence-electron chi connectivity index (χ3n) is 5.12. The molecule has 1 aliphatic heterocycles. The largest absolute Gasteiger partial charge is 0.485 e. The summed E-state index contributed by atoms with van der Waals surface area (Å²) in [7, 11) is 0. The molecule has 0 amide bonds. The number of fused-ring (bicyclic) bond motifs is 3. The molecule has 0 fully saturated rings. The van der Waals surface area contributed by atoms with E-state index in [1.54, 1.807) is 6.20 Å². The van der Waals surface area contributed by atoms with Crippen LogP contribution in [0.25, 0.3) is 10.9 Å². The van der Waals surface area contributed by atoms with Crippen molar-refractivity contribution in [1.29, 1.82) is 0 Å². The lowest BCUT2D eigenvalue weighted by atomic mass is 9.84. The minimum Gasteiger partial charge on any atom is -0.485 e. The summed E-state index contributed by atoms with van der Waals surface area (Å²) in [5.41, 5.74) is 2.53. The van der Waals surface area contributed by atoms with E-state index >= 15 is 0 Å². The van der Waals surface area contributed by atoms with Crippen LogP contribution in [0, 0.1) is 0 Å². The van der Waals surface area contributed by atoms with Crippen molar-refractivity contribution in [3.63, 3.8) is 0 Å². The van der Waals surface area contributed by atoms with Crippen molar-refractivity contribution < 1.29 is 9.84 Å². The standard InChI is InChI=1S/C22H24N2O2/c1-22(2)21(25)20(24-14-12-15-7-4-3-5-8-15)19-16-9-6-13-23-17(16)10-11-18(19)26-22/h3-11,13,20-21,24-25H,12,14H2,1-2H3/t20-,21-/m0/s1. The van der Waals surface area contributed by atoms with Crippen molar-refractivity contribution in [3.8, 4) is 5.75 Å². The summed E-state index contributed by atoms with van der Waals surface area (Å²) in [6.07, 6.45) is 2.04. The summed E-state index contributed by atoms with van der Waals surface area (Å²) >= 11 is 0. The molecule has 4 heteroatoms. The van der Waals surface area contributed by atoms with Crippen LogP contribution in [0.1, 0.15) is 31.0 Å². The van der Waals surface area contributed by atoms with E-state index in [0.29, 0.717) is 0 Å². The smallest absolute Gasteiger partial charge is 0.131 e. The van der Waals surface area contributed by atoms with Crippen LogP contribution < -0.4 is 10.1 Å². The first-order valence-corrected chi connectivity index (χ1v) is 9.08. The molecular weight excluding hydrogens is 324 g/mol. The van der Waals surface area contributed by atoms with E-state index in [-0.39, 0.29) is 6.04 Å². The molecular formula is C22H24N2O2. The predicted molar refractivity (Wildman–Crippen MR) is 103 cm³/mol. The molecule has 2 heterocycles. The Morgan fingerprint density at radius 1 is 1.08 bits per heavy atom. The first-order valence-electron chi connectivity index (χ1n) is 9.08. The van der Waals surface area contributed by atoms with Crippen LogP contribution in [-0.4, -0.2) is 28.3 Å². The topological polar surface area (TPSA) is 54.4 Å². The Balaban J connectivity index is 1.67. The highest BCUT2D eigenvalue weighted by Gasteiger charge is 2.43. The van der Waals surface area contributed by atoms with Gasteiger partial charge in [0.2, 0.25) is 0 Å². The lowest BCUT2D eigenvalue weighted by Crippen LogP contribution is -2.52. The Morgan fingerprint density at radius 2 is 1.88 bits per heavy atom. The lowest BCUT2D eigenvalue weighted by Gasteiger charge is -2.43. The highest BCUT2D eigenvalue weighted by Crippen LogP contribution is 2.43. The van der Waals surface area contributed by atoms with Crippen molar-refractivity contribution >= 4 is 10.9 Å². The van der Waals surface area contributed by atoms with E-state index in [4.69, 9.17) is 4.74 Å². The number of pyridine rings is 1. The zero-order valence-electron chi connectivity index (χ0n) is 15.1. The molecule has 0 radical (unpaired) electrons. The van der Waals surface area contributed by atoms with Crippen molar-refractivity contribution in [2.75, 3.05) is 6.54 Å². The Morgan fingerprint density at radius 3 is 2.69 bits per heavy atom. The second-order valence-electron chi connectivity index (χ2n) is 7.37. The number of aliphatic hydroxyl groups excluding tert-OH is 1. The maximum Gasteiger partial charge on any atom is 0.131 e. The van der Waals surface area contributed by atoms with Crippen LogP contribution in [-0.2, 0) is 6.42 Å².